The van der Waals surface area contributed by atoms with Gasteiger partial charge in [0, 0.05) is 49.3 Å². The molecule has 1 saturated heterocycles. The second-order valence-electron chi connectivity index (χ2n) is 7.83. The Morgan fingerprint density at radius 1 is 1.12 bits per heavy atom. The highest BCUT2D eigenvalue weighted by atomic mass is 35.5. The maximum atomic E-state index is 12.8. The van der Waals surface area contributed by atoms with Gasteiger partial charge in [0.05, 0.1) is 12.5 Å². The van der Waals surface area contributed by atoms with Crippen LogP contribution in [0.2, 0.25) is 5.02 Å². The normalized spacial score (nSPS) is 15.8. The lowest BCUT2D eigenvalue weighted by Crippen LogP contribution is -2.46. The van der Waals surface area contributed by atoms with Gasteiger partial charge in [0.2, 0.25) is 5.91 Å². The van der Waals surface area contributed by atoms with Gasteiger partial charge in [-0.25, -0.2) is 5.48 Å². The molecule has 0 spiro atoms. The zero-order valence-corrected chi connectivity index (χ0v) is 19.0. The minimum atomic E-state index is -0.505. The summed E-state index contributed by atoms with van der Waals surface area (Å²) in [7, 11) is 0. The summed E-state index contributed by atoms with van der Waals surface area (Å²) >= 11 is 6.03. The van der Waals surface area contributed by atoms with E-state index in [1.807, 2.05) is 60.4 Å². The summed E-state index contributed by atoms with van der Waals surface area (Å²) in [6.07, 6.45) is 0.188. The lowest BCUT2D eigenvalue weighted by molar-refractivity contribution is -0.132. The Balaban J connectivity index is 1.85. The van der Waals surface area contributed by atoms with E-state index in [4.69, 9.17) is 21.5 Å². The molecular weight excluding hydrogens is 430 g/mol. The van der Waals surface area contributed by atoms with Crippen LogP contribution in [0, 0.1) is 0 Å². The fourth-order valence-corrected chi connectivity index (χ4v) is 4.15. The fourth-order valence-electron chi connectivity index (χ4n) is 4.02. The van der Waals surface area contributed by atoms with E-state index in [1.54, 1.807) is 5.48 Å². The maximum absolute atomic E-state index is 12.8. The summed E-state index contributed by atoms with van der Waals surface area (Å²) in [5, 5.41) is 12.9. The number of halogens is 1. The number of hydrogen-bond acceptors (Lipinski definition) is 5. The lowest BCUT2D eigenvalue weighted by atomic mass is 9.85. The number of hydrogen-bond donors (Lipinski definition) is 3. The average molecular weight is 460 g/mol. The third-order valence-electron chi connectivity index (χ3n) is 5.70. The van der Waals surface area contributed by atoms with Crippen molar-refractivity contribution >= 4 is 23.4 Å². The Kier molecular flexibility index (Phi) is 9.05. The zero-order chi connectivity index (χ0) is 22.9. The van der Waals surface area contributed by atoms with Gasteiger partial charge in [-0.05, 0) is 48.7 Å². The van der Waals surface area contributed by atoms with E-state index in [1.165, 1.54) is 0 Å². The molecule has 2 atom stereocenters. The number of rotatable bonds is 9. The van der Waals surface area contributed by atoms with Crippen molar-refractivity contribution in [2.45, 2.75) is 31.8 Å². The van der Waals surface area contributed by atoms with Gasteiger partial charge >= 0.3 is 0 Å². The third-order valence-corrected chi connectivity index (χ3v) is 5.95. The van der Waals surface area contributed by atoms with Crippen molar-refractivity contribution in [2.24, 2.45) is 0 Å². The number of nitrogens with one attached hydrogen (secondary N) is 2. The fraction of sp³-hybridized carbons (Fsp3) is 0.417. The van der Waals surface area contributed by atoms with Crippen molar-refractivity contribution in [1.29, 1.82) is 0 Å². The Bertz CT molecular complexity index is 883. The molecule has 1 aliphatic rings. The van der Waals surface area contributed by atoms with Crippen molar-refractivity contribution in [3.8, 4) is 0 Å². The first kappa shape index (κ1) is 24.2. The lowest BCUT2D eigenvalue weighted by Gasteiger charge is -2.29. The molecule has 2 aromatic carbocycles. The topological polar surface area (TPSA) is 90.9 Å². The van der Waals surface area contributed by atoms with Crippen LogP contribution in [0.1, 0.15) is 40.7 Å². The monoisotopic (exact) mass is 459 g/mol. The van der Waals surface area contributed by atoms with Gasteiger partial charge in [-0.1, -0.05) is 35.9 Å². The van der Waals surface area contributed by atoms with E-state index in [0.29, 0.717) is 36.7 Å². The molecule has 2 amide bonds. The molecule has 3 rings (SSSR count). The molecule has 2 aromatic rings. The van der Waals surface area contributed by atoms with Gasteiger partial charge in [0.15, 0.2) is 0 Å². The Morgan fingerprint density at radius 2 is 1.78 bits per heavy atom. The van der Waals surface area contributed by atoms with Gasteiger partial charge in [0.25, 0.3) is 5.91 Å². The number of nitrogens with zero attached hydrogens (tertiary/aromatic N) is 1. The number of carbonyl (C=O) groups excluding carboxylic acids is 2. The molecule has 0 saturated carbocycles. The maximum Gasteiger partial charge on any atom is 0.253 e. The number of carbonyl (C=O) groups is 2. The van der Waals surface area contributed by atoms with E-state index in [9.17, 15) is 9.59 Å². The van der Waals surface area contributed by atoms with Gasteiger partial charge in [-0.2, -0.15) is 0 Å². The zero-order valence-electron chi connectivity index (χ0n) is 18.2. The molecule has 172 valence electrons. The standard InChI is InChI=1S/C24H30ClN3O4/c1-2-32-22(16-23(29)27-31)21(15-17-3-9-20(25)10-4-17)18-5-7-19(8-6-18)24(30)28-13-11-26-12-14-28/h3-10,21-22,26,31H,2,11-16H2,1H3,(H,27,29)/t21-,22-/m1/s1. The third kappa shape index (κ3) is 6.53. The second-order valence-corrected chi connectivity index (χ2v) is 8.27. The van der Waals surface area contributed by atoms with Crippen molar-refractivity contribution in [3.05, 3.63) is 70.2 Å². The minimum absolute atomic E-state index is 0.0179. The van der Waals surface area contributed by atoms with Crippen LogP contribution in [0.4, 0.5) is 0 Å². The molecule has 0 aromatic heterocycles. The summed E-state index contributed by atoms with van der Waals surface area (Å²) in [6, 6.07) is 15.1. The van der Waals surface area contributed by atoms with Crippen molar-refractivity contribution in [2.75, 3.05) is 32.8 Å². The summed E-state index contributed by atoms with van der Waals surface area (Å²) < 4.78 is 5.92. The van der Waals surface area contributed by atoms with Crippen LogP contribution >= 0.6 is 11.6 Å². The van der Waals surface area contributed by atoms with Crippen LogP contribution in [-0.4, -0.2) is 60.8 Å². The highest BCUT2D eigenvalue weighted by Crippen LogP contribution is 2.29. The van der Waals surface area contributed by atoms with E-state index >= 15 is 0 Å². The van der Waals surface area contributed by atoms with Crippen molar-refractivity contribution < 1.29 is 19.5 Å². The first-order valence-electron chi connectivity index (χ1n) is 10.9. The van der Waals surface area contributed by atoms with Crippen LogP contribution in [0.3, 0.4) is 0 Å². The summed E-state index contributed by atoms with van der Waals surface area (Å²) in [4.78, 5) is 26.6. The smallest absolute Gasteiger partial charge is 0.253 e. The van der Waals surface area contributed by atoms with Gasteiger partial charge in [-0.3, -0.25) is 14.8 Å². The predicted molar refractivity (Wildman–Crippen MR) is 123 cm³/mol. The highest BCUT2D eigenvalue weighted by Gasteiger charge is 2.27. The van der Waals surface area contributed by atoms with Gasteiger partial charge in [-0.15, -0.1) is 0 Å². The first-order chi connectivity index (χ1) is 15.5. The van der Waals surface area contributed by atoms with Crippen LogP contribution < -0.4 is 10.8 Å². The van der Waals surface area contributed by atoms with Crippen LogP contribution in [0.15, 0.2) is 48.5 Å². The Hall–Kier alpha value is -2.45. The number of hydroxylamine groups is 1. The summed E-state index contributed by atoms with van der Waals surface area (Å²) in [6.45, 7) is 5.30. The van der Waals surface area contributed by atoms with E-state index in [2.05, 4.69) is 5.32 Å². The molecule has 1 aliphatic heterocycles. The molecule has 1 fully saturated rings. The van der Waals surface area contributed by atoms with Crippen LogP contribution in [-0.2, 0) is 16.0 Å². The number of benzene rings is 2. The van der Waals surface area contributed by atoms with E-state index in [0.717, 1.165) is 24.2 Å². The summed E-state index contributed by atoms with van der Waals surface area (Å²) in [5.74, 6) is -0.639. The molecule has 0 aliphatic carbocycles. The minimum Gasteiger partial charge on any atom is -0.377 e. The predicted octanol–water partition coefficient (Wildman–Crippen LogP) is 3.01. The van der Waals surface area contributed by atoms with E-state index in [-0.39, 0.29) is 18.2 Å². The number of piperazine rings is 1. The molecule has 0 bridgehead atoms. The molecule has 7 nitrogen and oxygen atoms in total. The SMILES string of the molecule is CCO[C@H](CC(=O)NO)[C@H](Cc1ccc(Cl)cc1)c1ccc(C(=O)N2CCNCC2)cc1. The quantitative estimate of drug-likeness (QED) is 0.396. The molecular formula is C24H30ClN3O4. The molecule has 0 radical (unpaired) electrons. The van der Waals surface area contributed by atoms with Crippen LogP contribution in [0.25, 0.3) is 0 Å². The second kappa shape index (κ2) is 12.0. The Morgan fingerprint density at radius 3 is 2.38 bits per heavy atom. The summed E-state index contributed by atoms with van der Waals surface area (Å²) in [5.41, 5.74) is 4.35. The first-order valence-corrected chi connectivity index (χ1v) is 11.3. The van der Waals surface area contributed by atoms with Crippen LogP contribution in [0.5, 0.6) is 0 Å². The molecule has 8 heteroatoms. The largest absolute Gasteiger partial charge is 0.377 e. The van der Waals surface area contributed by atoms with Crippen molar-refractivity contribution in [3.63, 3.8) is 0 Å². The van der Waals surface area contributed by atoms with E-state index < -0.39 is 12.0 Å². The van der Waals surface area contributed by atoms with Gasteiger partial charge in [0.1, 0.15) is 0 Å². The molecule has 3 N–H and O–H groups in total. The average Bonchev–Trinajstić information content (AvgIpc) is 2.83. The highest BCUT2D eigenvalue weighted by molar-refractivity contribution is 6.30. The number of amides is 2. The molecule has 32 heavy (non-hydrogen) atoms. The Labute approximate surface area is 193 Å². The number of ether oxygens (including phenoxy) is 1. The molecule has 0 unspecified atom stereocenters. The molecule has 1 heterocycles. The van der Waals surface area contributed by atoms with Gasteiger partial charge < -0.3 is 15.0 Å². The van der Waals surface area contributed by atoms with Crippen molar-refractivity contribution in [1.82, 2.24) is 15.7 Å².